The molecule has 1 amide bonds. The highest BCUT2D eigenvalue weighted by Gasteiger charge is 2.29. The maximum Gasteiger partial charge on any atom is 0.245 e. The predicted molar refractivity (Wildman–Crippen MR) is 144 cm³/mol. The Morgan fingerprint density at radius 1 is 1.03 bits per heavy atom. The van der Waals surface area contributed by atoms with Crippen molar-refractivity contribution < 1.29 is 9.18 Å². The number of rotatable bonds is 7. The molecule has 7 nitrogen and oxygen atoms in total. The van der Waals surface area contributed by atoms with E-state index in [4.69, 9.17) is 26.7 Å². The molecule has 1 saturated heterocycles. The Morgan fingerprint density at radius 2 is 1.73 bits per heavy atom. The van der Waals surface area contributed by atoms with E-state index in [1.165, 1.54) is 12.1 Å². The van der Waals surface area contributed by atoms with Crippen molar-refractivity contribution in [1.82, 2.24) is 24.6 Å². The maximum absolute atomic E-state index is 13.6. The van der Waals surface area contributed by atoms with Crippen LogP contribution in [-0.4, -0.2) is 56.7 Å². The third-order valence-corrected chi connectivity index (χ3v) is 7.19. The second-order valence-electron chi connectivity index (χ2n) is 9.32. The first-order valence-corrected chi connectivity index (χ1v) is 13.1. The van der Waals surface area contributed by atoms with Crippen molar-refractivity contribution in [3.8, 4) is 5.69 Å². The summed E-state index contributed by atoms with van der Waals surface area (Å²) >= 11 is 6.52. The van der Waals surface area contributed by atoms with E-state index in [1.807, 2.05) is 42.2 Å². The number of alkyl halides is 1. The summed E-state index contributed by atoms with van der Waals surface area (Å²) in [4.78, 5) is 27.0. The number of aryl methyl sites for hydroxylation is 2. The number of aromatic nitrogens is 4. The fourth-order valence-corrected chi connectivity index (χ4v) is 4.99. The van der Waals surface area contributed by atoms with E-state index in [-0.39, 0.29) is 11.7 Å². The van der Waals surface area contributed by atoms with Crippen LogP contribution in [0.5, 0.6) is 0 Å². The molecule has 0 N–H and O–H groups in total. The van der Waals surface area contributed by atoms with Gasteiger partial charge in [-0.25, -0.2) is 19.0 Å². The number of hydrogen-bond donors (Lipinski definition) is 0. The first-order chi connectivity index (χ1) is 18.0. The lowest BCUT2D eigenvalue weighted by atomic mass is 10.1. The van der Waals surface area contributed by atoms with Crippen LogP contribution in [-0.2, 0) is 11.2 Å². The van der Waals surface area contributed by atoms with Gasteiger partial charge in [-0.15, -0.1) is 11.6 Å². The van der Waals surface area contributed by atoms with Gasteiger partial charge < -0.3 is 9.80 Å². The van der Waals surface area contributed by atoms with Gasteiger partial charge >= 0.3 is 0 Å². The molecule has 1 fully saturated rings. The number of benzene rings is 2. The van der Waals surface area contributed by atoms with Crippen molar-refractivity contribution in [2.75, 3.05) is 31.1 Å². The summed E-state index contributed by atoms with van der Waals surface area (Å²) in [6.07, 6.45) is 2.78. The molecule has 5 rings (SSSR count). The number of halogens is 2. The van der Waals surface area contributed by atoms with E-state index in [0.717, 1.165) is 53.2 Å². The van der Waals surface area contributed by atoms with E-state index in [1.54, 1.807) is 16.8 Å². The fourth-order valence-electron chi connectivity index (χ4n) is 4.71. The molecule has 9 heteroatoms. The SMILES string of the molecule is CCCCc1nc(N2CCN(C(=O)[C@H](Cl)c3ccccc3)CC2)c2c(C)nn(-c3ccc(F)cc3)c2n1. The Bertz CT molecular complexity index is 1380. The highest BCUT2D eigenvalue weighted by atomic mass is 35.5. The van der Waals surface area contributed by atoms with Crippen molar-refractivity contribution in [2.45, 2.75) is 38.5 Å². The standard InChI is InChI=1S/C28H30ClFN6O/c1-3-4-10-23-31-26(24-19(2)33-36(27(24)32-23)22-13-11-21(30)12-14-22)34-15-17-35(18-16-34)28(37)25(29)20-8-6-5-7-9-20/h5-9,11-14,25H,3-4,10,15-18H2,1-2H3/t25-/m1/s1. The molecule has 1 atom stereocenters. The molecule has 0 spiro atoms. The summed E-state index contributed by atoms with van der Waals surface area (Å²) in [5.41, 5.74) is 3.07. The van der Waals surface area contributed by atoms with E-state index in [2.05, 4.69) is 11.8 Å². The van der Waals surface area contributed by atoms with Crippen LogP contribution in [0.2, 0.25) is 0 Å². The van der Waals surface area contributed by atoms with Gasteiger partial charge in [0.05, 0.1) is 16.8 Å². The molecular weight excluding hydrogens is 491 g/mol. The van der Waals surface area contributed by atoms with E-state index < -0.39 is 5.38 Å². The van der Waals surface area contributed by atoms with Gasteiger partial charge in [-0.1, -0.05) is 43.7 Å². The van der Waals surface area contributed by atoms with Gasteiger partial charge in [-0.2, -0.15) is 5.10 Å². The molecule has 0 bridgehead atoms. The quantitative estimate of drug-likeness (QED) is 0.312. The molecule has 1 aliphatic rings. The Morgan fingerprint density at radius 3 is 2.41 bits per heavy atom. The second-order valence-corrected chi connectivity index (χ2v) is 9.76. The molecule has 2 aromatic carbocycles. The van der Waals surface area contributed by atoms with Crippen LogP contribution in [0.25, 0.3) is 16.7 Å². The van der Waals surface area contributed by atoms with Crippen molar-refractivity contribution in [2.24, 2.45) is 0 Å². The average Bonchev–Trinajstić information content (AvgIpc) is 3.27. The molecule has 37 heavy (non-hydrogen) atoms. The van der Waals surface area contributed by atoms with Crippen LogP contribution in [0, 0.1) is 12.7 Å². The number of unbranched alkanes of at least 4 members (excludes halogenated alkanes) is 1. The van der Waals surface area contributed by atoms with E-state index in [0.29, 0.717) is 31.8 Å². The number of hydrogen-bond acceptors (Lipinski definition) is 5. The molecule has 0 aliphatic carbocycles. The number of piperazine rings is 1. The Labute approximate surface area is 220 Å². The number of amides is 1. The molecule has 2 aromatic heterocycles. The van der Waals surface area contributed by atoms with Crippen molar-refractivity contribution >= 4 is 34.4 Å². The lowest BCUT2D eigenvalue weighted by Crippen LogP contribution is -2.50. The van der Waals surface area contributed by atoms with Gasteiger partial charge in [-0.05, 0) is 43.2 Å². The van der Waals surface area contributed by atoms with Crippen LogP contribution in [0.3, 0.4) is 0 Å². The highest BCUT2D eigenvalue weighted by Crippen LogP contribution is 2.31. The van der Waals surface area contributed by atoms with Crippen LogP contribution < -0.4 is 4.90 Å². The number of fused-ring (bicyclic) bond motifs is 1. The summed E-state index contributed by atoms with van der Waals surface area (Å²) in [5.74, 6) is 1.22. The smallest absolute Gasteiger partial charge is 0.245 e. The third-order valence-electron chi connectivity index (χ3n) is 6.75. The Hall–Kier alpha value is -3.52. The van der Waals surface area contributed by atoms with Crippen molar-refractivity contribution in [1.29, 1.82) is 0 Å². The molecule has 1 aliphatic heterocycles. The summed E-state index contributed by atoms with van der Waals surface area (Å²) in [5, 5.41) is 4.93. The fraction of sp³-hybridized carbons (Fsp3) is 0.357. The first-order valence-electron chi connectivity index (χ1n) is 12.7. The highest BCUT2D eigenvalue weighted by molar-refractivity contribution is 6.30. The number of nitrogens with zero attached hydrogens (tertiary/aromatic N) is 6. The van der Waals surface area contributed by atoms with Gasteiger partial charge in [0.15, 0.2) is 5.65 Å². The topological polar surface area (TPSA) is 67.2 Å². The summed E-state index contributed by atoms with van der Waals surface area (Å²) < 4.78 is 15.3. The Balaban J connectivity index is 1.44. The molecule has 192 valence electrons. The number of carbonyl (C=O) groups is 1. The minimum Gasteiger partial charge on any atom is -0.352 e. The lowest BCUT2D eigenvalue weighted by molar-refractivity contribution is -0.131. The van der Waals surface area contributed by atoms with Gasteiger partial charge in [0.25, 0.3) is 0 Å². The zero-order valence-corrected chi connectivity index (χ0v) is 21.8. The zero-order chi connectivity index (χ0) is 25.9. The minimum absolute atomic E-state index is 0.0794. The van der Waals surface area contributed by atoms with Gasteiger partial charge in [0.1, 0.15) is 22.8 Å². The molecular formula is C28H30ClFN6O. The first kappa shape index (κ1) is 25.1. The van der Waals surface area contributed by atoms with Crippen LogP contribution >= 0.6 is 11.6 Å². The van der Waals surface area contributed by atoms with Gasteiger partial charge in [-0.3, -0.25) is 4.79 Å². The third kappa shape index (κ3) is 5.16. The van der Waals surface area contributed by atoms with Crippen molar-refractivity contribution in [3.05, 3.63) is 77.5 Å². The second kappa shape index (κ2) is 10.8. The maximum atomic E-state index is 13.6. The van der Waals surface area contributed by atoms with Gasteiger partial charge in [0, 0.05) is 32.6 Å². The molecule has 0 unspecified atom stereocenters. The summed E-state index contributed by atoms with van der Waals surface area (Å²) in [6.45, 7) is 6.45. The molecule has 4 aromatic rings. The predicted octanol–water partition coefficient (Wildman–Crippen LogP) is 5.23. The number of anilines is 1. The monoisotopic (exact) mass is 520 g/mol. The van der Waals surface area contributed by atoms with Crippen LogP contribution in [0.1, 0.15) is 42.2 Å². The summed E-state index contributed by atoms with van der Waals surface area (Å²) in [6, 6.07) is 15.7. The lowest BCUT2D eigenvalue weighted by Gasteiger charge is -2.36. The summed E-state index contributed by atoms with van der Waals surface area (Å²) in [7, 11) is 0. The largest absolute Gasteiger partial charge is 0.352 e. The Kier molecular flexibility index (Phi) is 7.37. The zero-order valence-electron chi connectivity index (χ0n) is 21.1. The van der Waals surface area contributed by atoms with E-state index >= 15 is 0 Å². The molecule has 3 heterocycles. The van der Waals surface area contributed by atoms with Gasteiger partial charge in [0.2, 0.25) is 5.91 Å². The molecule has 0 radical (unpaired) electrons. The minimum atomic E-state index is -0.699. The average molecular weight is 521 g/mol. The molecule has 0 saturated carbocycles. The van der Waals surface area contributed by atoms with Crippen molar-refractivity contribution in [3.63, 3.8) is 0 Å². The van der Waals surface area contributed by atoms with Crippen LogP contribution in [0.15, 0.2) is 54.6 Å². The normalized spacial score (nSPS) is 14.8. The van der Waals surface area contributed by atoms with Crippen LogP contribution in [0.4, 0.5) is 10.2 Å². The van der Waals surface area contributed by atoms with E-state index in [9.17, 15) is 9.18 Å². The number of carbonyl (C=O) groups excluding carboxylic acids is 1.